The molecule has 0 saturated carbocycles. The summed E-state index contributed by atoms with van der Waals surface area (Å²) in [5.41, 5.74) is 0.934. The van der Waals surface area contributed by atoms with Crippen molar-refractivity contribution >= 4 is 27.6 Å². The van der Waals surface area contributed by atoms with Crippen LogP contribution in [0.15, 0.2) is 77.7 Å². The van der Waals surface area contributed by atoms with E-state index in [0.717, 1.165) is 4.31 Å². The molecule has 3 rings (SSSR count). The number of carbonyl (C=O) groups is 1. The van der Waals surface area contributed by atoms with Gasteiger partial charge in [0.05, 0.1) is 24.7 Å². The molecule has 0 radical (unpaired) electrons. The number of aromatic carboxylic acids is 1. The highest BCUT2D eigenvalue weighted by Crippen LogP contribution is 2.31. The Bertz CT molecular complexity index is 1180. The molecule has 0 fully saturated rings. The lowest BCUT2D eigenvalue weighted by atomic mass is 10.1. The SMILES string of the molecule is COc1ccc(CN([C@@H](CO)c2ccccc2)S(=O)(=O)c2ccc(Cl)cc2)cc1C(=O)O. The molecule has 2 N–H and O–H groups in total. The summed E-state index contributed by atoms with van der Waals surface area (Å²) in [5.74, 6) is -1.03. The molecule has 0 saturated heterocycles. The normalized spacial score (nSPS) is 12.5. The fraction of sp³-hybridized carbons (Fsp3) is 0.174. The molecule has 0 aromatic heterocycles. The van der Waals surface area contributed by atoms with Gasteiger partial charge in [-0.3, -0.25) is 0 Å². The third kappa shape index (κ3) is 5.11. The van der Waals surface area contributed by atoms with E-state index in [2.05, 4.69) is 0 Å². The van der Waals surface area contributed by atoms with Crippen LogP contribution in [0.4, 0.5) is 0 Å². The number of methoxy groups -OCH3 is 1. The summed E-state index contributed by atoms with van der Waals surface area (Å²) in [6.45, 7) is -0.645. The minimum Gasteiger partial charge on any atom is -0.496 e. The van der Waals surface area contributed by atoms with Crippen LogP contribution in [-0.2, 0) is 16.6 Å². The summed E-state index contributed by atoms with van der Waals surface area (Å²) in [5, 5.41) is 20.0. The van der Waals surface area contributed by atoms with Crippen molar-refractivity contribution in [2.45, 2.75) is 17.5 Å². The number of nitrogens with zero attached hydrogens (tertiary/aromatic N) is 1. The van der Waals surface area contributed by atoms with Crippen LogP contribution < -0.4 is 4.74 Å². The number of carboxylic acids is 1. The zero-order chi connectivity index (χ0) is 23.3. The third-order valence-corrected chi connectivity index (χ3v) is 7.08. The Morgan fingerprint density at radius 1 is 1.06 bits per heavy atom. The average Bonchev–Trinajstić information content (AvgIpc) is 2.79. The fourth-order valence-corrected chi connectivity index (χ4v) is 5.06. The average molecular weight is 476 g/mol. The van der Waals surface area contributed by atoms with E-state index in [1.807, 2.05) is 0 Å². The molecule has 32 heavy (non-hydrogen) atoms. The molecule has 0 amide bonds. The van der Waals surface area contributed by atoms with Crippen molar-refractivity contribution < 1.29 is 28.2 Å². The van der Waals surface area contributed by atoms with Crippen LogP contribution in [0.5, 0.6) is 5.75 Å². The number of sulfonamides is 1. The summed E-state index contributed by atoms with van der Waals surface area (Å²) >= 11 is 5.92. The Labute approximate surface area is 191 Å². The number of carboxylic acid groups (broad SMARTS) is 1. The predicted molar refractivity (Wildman–Crippen MR) is 120 cm³/mol. The molecule has 7 nitrogen and oxygen atoms in total. The molecular weight excluding hydrogens is 454 g/mol. The van der Waals surface area contributed by atoms with Gasteiger partial charge in [-0.2, -0.15) is 4.31 Å². The van der Waals surface area contributed by atoms with Gasteiger partial charge in [-0.1, -0.05) is 48.0 Å². The zero-order valence-electron chi connectivity index (χ0n) is 17.2. The van der Waals surface area contributed by atoms with E-state index in [4.69, 9.17) is 16.3 Å². The number of halogens is 1. The highest BCUT2D eigenvalue weighted by Gasteiger charge is 2.32. The Balaban J connectivity index is 2.11. The summed E-state index contributed by atoms with van der Waals surface area (Å²) in [7, 11) is -2.73. The molecule has 0 aliphatic heterocycles. The Kier molecular flexibility index (Phi) is 7.52. The van der Waals surface area contributed by atoms with E-state index in [9.17, 15) is 23.4 Å². The highest BCUT2D eigenvalue weighted by molar-refractivity contribution is 7.89. The molecule has 3 aromatic carbocycles. The first-order valence-electron chi connectivity index (χ1n) is 9.61. The molecule has 3 aromatic rings. The van der Waals surface area contributed by atoms with Gasteiger partial charge in [-0.25, -0.2) is 13.2 Å². The van der Waals surface area contributed by atoms with Crippen LogP contribution in [0.1, 0.15) is 27.5 Å². The van der Waals surface area contributed by atoms with Crippen LogP contribution in [0.3, 0.4) is 0 Å². The second-order valence-corrected chi connectivity index (χ2v) is 9.28. The third-order valence-electron chi connectivity index (χ3n) is 4.96. The first-order valence-corrected chi connectivity index (χ1v) is 11.4. The van der Waals surface area contributed by atoms with Crippen molar-refractivity contribution in [2.75, 3.05) is 13.7 Å². The van der Waals surface area contributed by atoms with Crippen molar-refractivity contribution in [3.63, 3.8) is 0 Å². The Morgan fingerprint density at radius 3 is 2.28 bits per heavy atom. The minimum atomic E-state index is -4.09. The lowest BCUT2D eigenvalue weighted by molar-refractivity contribution is 0.0693. The van der Waals surface area contributed by atoms with Gasteiger partial charge in [0.2, 0.25) is 10.0 Å². The maximum absolute atomic E-state index is 13.6. The first kappa shape index (κ1) is 23.7. The standard InChI is InChI=1S/C23H22ClNO6S/c1-31-22-12-7-16(13-20(22)23(27)28)14-25(21(15-26)17-5-3-2-4-6-17)32(29,30)19-10-8-18(24)9-11-19/h2-13,21,26H,14-15H2,1H3,(H,27,28)/t21-/m0/s1. The predicted octanol–water partition coefficient (Wildman–Crippen LogP) is 3.97. The lowest BCUT2D eigenvalue weighted by Crippen LogP contribution is -2.36. The minimum absolute atomic E-state index is 0.00301. The maximum atomic E-state index is 13.6. The van der Waals surface area contributed by atoms with E-state index >= 15 is 0 Å². The number of aliphatic hydroxyl groups is 1. The molecule has 1 atom stereocenters. The molecule has 168 valence electrons. The molecule has 0 unspecified atom stereocenters. The van der Waals surface area contributed by atoms with Crippen LogP contribution in [0.25, 0.3) is 0 Å². The van der Waals surface area contributed by atoms with Gasteiger partial charge >= 0.3 is 5.97 Å². The van der Waals surface area contributed by atoms with E-state index in [1.54, 1.807) is 36.4 Å². The number of hydrogen-bond acceptors (Lipinski definition) is 5. The van der Waals surface area contributed by atoms with Gasteiger partial charge in [-0.15, -0.1) is 0 Å². The lowest BCUT2D eigenvalue weighted by Gasteiger charge is -2.30. The molecule has 0 aliphatic rings. The summed E-state index contributed by atoms with van der Waals surface area (Å²) in [4.78, 5) is 11.6. The van der Waals surface area contributed by atoms with Crippen LogP contribution in [-0.4, -0.2) is 42.6 Å². The van der Waals surface area contributed by atoms with E-state index < -0.39 is 28.6 Å². The van der Waals surface area contributed by atoms with Crippen molar-refractivity contribution in [1.82, 2.24) is 4.31 Å². The van der Waals surface area contributed by atoms with Crippen molar-refractivity contribution in [3.8, 4) is 5.75 Å². The molecule has 0 aliphatic carbocycles. The second kappa shape index (κ2) is 10.1. The molecule has 0 heterocycles. The zero-order valence-corrected chi connectivity index (χ0v) is 18.8. The van der Waals surface area contributed by atoms with Gasteiger partial charge in [0.25, 0.3) is 0 Å². The second-order valence-electron chi connectivity index (χ2n) is 6.95. The molecule has 9 heteroatoms. The van der Waals surface area contributed by atoms with Crippen molar-refractivity contribution in [1.29, 1.82) is 0 Å². The smallest absolute Gasteiger partial charge is 0.339 e. The number of aliphatic hydroxyl groups excluding tert-OH is 1. The Morgan fingerprint density at radius 2 is 1.72 bits per heavy atom. The maximum Gasteiger partial charge on any atom is 0.339 e. The Hall–Kier alpha value is -2.91. The quantitative estimate of drug-likeness (QED) is 0.485. The number of rotatable bonds is 9. The molecular formula is C23H22ClNO6S. The summed E-state index contributed by atoms with van der Waals surface area (Å²) in [6.07, 6.45) is 0. The van der Waals surface area contributed by atoms with Crippen LogP contribution >= 0.6 is 11.6 Å². The topological polar surface area (TPSA) is 104 Å². The monoisotopic (exact) mass is 475 g/mol. The molecule has 0 spiro atoms. The number of ether oxygens (including phenoxy) is 1. The largest absolute Gasteiger partial charge is 0.496 e. The molecule has 0 bridgehead atoms. The van der Waals surface area contributed by atoms with E-state index in [1.165, 1.54) is 43.5 Å². The van der Waals surface area contributed by atoms with Crippen molar-refractivity contribution in [3.05, 3.63) is 94.5 Å². The number of benzene rings is 3. The van der Waals surface area contributed by atoms with Gasteiger partial charge in [0.1, 0.15) is 11.3 Å². The highest BCUT2D eigenvalue weighted by atomic mass is 35.5. The summed E-state index contributed by atoms with van der Waals surface area (Å²) < 4.78 is 33.4. The van der Waals surface area contributed by atoms with E-state index in [-0.39, 0.29) is 22.8 Å². The van der Waals surface area contributed by atoms with E-state index in [0.29, 0.717) is 16.1 Å². The number of hydrogen-bond donors (Lipinski definition) is 2. The van der Waals surface area contributed by atoms with Crippen LogP contribution in [0.2, 0.25) is 5.02 Å². The summed E-state index contributed by atoms with van der Waals surface area (Å²) in [6, 6.07) is 18.0. The van der Waals surface area contributed by atoms with Crippen LogP contribution in [0, 0.1) is 0 Å². The first-order chi connectivity index (χ1) is 15.3. The van der Waals surface area contributed by atoms with Crippen molar-refractivity contribution in [2.24, 2.45) is 0 Å². The van der Waals surface area contributed by atoms with Gasteiger partial charge in [-0.05, 0) is 47.5 Å². The van der Waals surface area contributed by atoms with Gasteiger partial charge < -0.3 is 14.9 Å². The fourth-order valence-electron chi connectivity index (χ4n) is 3.34. The van der Waals surface area contributed by atoms with Gasteiger partial charge in [0.15, 0.2) is 0 Å². The van der Waals surface area contributed by atoms with Gasteiger partial charge in [0, 0.05) is 11.6 Å².